The number of hydrogen-bond donors (Lipinski definition) is 0. The third-order valence-electron chi connectivity index (χ3n) is 2.93. The summed E-state index contributed by atoms with van der Waals surface area (Å²) >= 11 is 0. The molecule has 4 rings (SSSR count). The van der Waals surface area contributed by atoms with Crippen molar-refractivity contribution >= 4 is 33.7 Å². The van der Waals surface area contributed by atoms with Crippen LogP contribution in [0.5, 0.6) is 0 Å². The first-order valence-electron chi connectivity index (χ1n) is 4.23. The zero-order valence-corrected chi connectivity index (χ0v) is 6.46. The normalized spacial score (nSPS) is 14.3. The molecule has 0 atom stereocenters. The fourth-order valence-electron chi connectivity index (χ4n) is 2.24. The molecule has 54 valence electrons. The fraction of sp³-hybridized carbons (Fsp3) is 0. The van der Waals surface area contributed by atoms with Gasteiger partial charge in [-0.15, -0.1) is 0 Å². The van der Waals surface area contributed by atoms with E-state index in [-0.39, 0.29) is 0 Å². The quantitative estimate of drug-likeness (QED) is 0.360. The number of fused-ring (bicyclic) bond motifs is 2. The fourth-order valence-corrected chi connectivity index (χ4v) is 2.24. The van der Waals surface area contributed by atoms with Crippen LogP contribution < -0.4 is 0 Å². The van der Waals surface area contributed by atoms with Crippen LogP contribution in [0.4, 0.5) is 0 Å². The van der Waals surface area contributed by atoms with Gasteiger partial charge in [-0.3, -0.25) is 0 Å². The van der Waals surface area contributed by atoms with E-state index in [0.29, 0.717) is 0 Å². The van der Waals surface area contributed by atoms with Crippen molar-refractivity contribution in [3.63, 3.8) is 0 Å². The van der Waals surface area contributed by atoms with Crippen molar-refractivity contribution in [3.8, 4) is 0 Å². The Morgan fingerprint density at radius 3 is 2.67 bits per heavy atom. The van der Waals surface area contributed by atoms with Crippen molar-refractivity contribution in [3.05, 3.63) is 35.4 Å². The van der Waals surface area contributed by atoms with Crippen molar-refractivity contribution < 1.29 is 0 Å². The predicted molar refractivity (Wildman–Crippen MR) is 52.8 cm³/mol. The molecular formula is C12H6. The Balaban J connectivity index is 2.43. The van der Waals surface area contributed by atoms with Crippen LogP contribution >= 0.6 is 0 Å². The smallest absolute Gasteiger partial charge is 0.00320 e. The molecule has 0 nitrogen and oxygen atoms in total. The van der Waals surface area contributed by atoms with Crippen LogP contribution in [0.25, 0.3) is 33.7 Å². The van der Waals surface area contributed by atoms with E-state index in [1.165, 1.54) is 32.7 Å². The lowest BCUT2D eigenvalue weighted by Gasteiger charge is -2.11. The van der Waals surface area contributed by atoms with E-state index in [1.54, 1.807) is 0 Å². The highest BCUT2D eigenvalue weighted by molar-refractivity contribution is 6.19. The summed E-state index contributed by atoms with van der Waals surface area (Å²) in [5.41, 5.74) is 2.87. The summed E-state index contributed by atoms with van der Waals surface area (Å²) in [6, 6.07) is 8.93. The molecule has 0 heterocycles. The van der Waals surface area contributed by atoms with Crippen molar-refractivity contribution in [1.82, 2.24) is 0 Å². The zero-order valence-electron chi connectivity index (χ0n) is 6.46. The van der Waals surface area contributed by atoms with E-state index < -0.39 is 0 Å². The summed E-state index contributed by atoms with van der Waals surface area (Å²) in [5, 5.41) is 5.75. The highest BCUT2D eigenvalue weighted by atomic mass is 14.2. The van der Waals surface area contributed by atoms with Gasteiger partial charge in [0.1, 0.15) is 0 Å². The third kappa shape index (κ3) is 0.352. The summed E-state index contributed by atoms with van der Waals surface area (Å²) in [7, 11) is 0. The Kier molecular flexibility index (Phi) is 0.573. The molecule has 0 bridgehead atoms. The maximum Gasteiger partial charge on any atom is -0.00320 e. The second-order valence-corrected chi connectivity index (χ2v) is 3.52. The van der Waals surface area contributed by atoms with E-state index in [1.807, 2.05) is 0 Å². The lowest BCUT2D eigenvalue weighted by Crippen LogP contribution is -1.87. The van der Waals surface area contributed by atoms with Gasteiger partial charge in [0.2, 0.25) is 0 Å². The first kappa shape index (κ1) is 5.15. The molecule has 0 amide bonds. The minimum absolute atomic E-state index is 1.41. The molecule has 3 aromatic carbocycles. The van der Waals surface area contributed by atoms with Crippen LogP contribution in [-0.4, -0.2) is 0 Å². The average molecular weight is 150 g/mol. The summed E-state index contributed by atoms with van der Waals surface area (Å²) in [6.45, 7) is 0. The minimum Gasteiger partial charge on any atom is -0.0537 e. The Labute approximate surface area is 69.8 Å². The predicted octanol–water partition coefficient (Wildman–Crippen LogP) is 3.35. The van der Waals surface area contributed by atoms with Gasteiger partial charge in [-0.1, -0.05) is 24.3 Å². The zero-order chi connectivity index (χ0) is 7.71. The Hall–Kier alpha value is -1.56. The number of benzene rings is 1. The molecule has 0 saturated heterocycles. The van der Waals surface area contributed by atoms with E-state index in [4.69, 9.17) is 0 Å². The Bertz CT molecular complexity index is 602. The molecule has 0 heteroatoms. The molecule has 1 aliphatic rings. The first-order chi connectivity index (χ1) is 5.93. The molecule has 0 radical (unpaired) electrons. The SMILES string of the molecule is C1=Cc2c3ccc3cc3cc1c23. The maximum absolute atomic E-state index is 2.28. The molecule has 0 aliphatic heterocycles. The van der Waals surface area contributed by atoms with Crippen LogP contribution in [0.15, 0.2) is 24.3 Å². The largest absolute Gasteiger partial charge is 0.0537 e. The van der Waals surface area contributed by atoms with Gasteiger partial charge in [0.15, 0.2) is 0 Å². The van der Waals surface area contributed by atoms with Gasteiger partial charge in [0.05, 0.1) is 0 Å². The molecule has 0 saturated carbocycles. The van der Waals surface area contributed by atoms with Crippen molar-refractivity contribution in [1.29, 1.82) is 0 Å². The van der Waals surface area contributed by atoms with E-state index in [0.717, 1.165) is 0 Å². The van der Waals surface area contributed by atoms with Crippen molar-refractivity contribution in [2.75, 3.05) is 0 Å². The first-order valence-corrected chi connectivity index (χ1v) is 4.23. The highest BCUT2D eigenvalue weighted by Crippen LogP contribution is 2.41. The third-order valence-corrected chi connectivity index (χ3v) is 2.93. The van der Waals surface area contributed by atoms with Crippen LogP contribution in [0.2, 0.25) is 0 Å². The minimum atomic E-state index is 1.41. The molecule has 1 aliphatic carbocycles. The van der Waals surface area contributed by atoms with Gasteiger partial charge >= 0.3 is 0 Å². The van der Waals surface area contributed by atoms with Crippen molar-refractivity contribution in [2.24, 2.45) is 0 Å². The van der Waals surface area contributed by atoms with Crippen LogP contribution in [-0.2, 0) is 0 Å². The van der Waals surface area contributed by atoms with E-state index >= 15 is 0 Å². The van der Waals surface area contributed by atoms with Gasteiger partial charge < -0.3 is 0 Å². The van der Waals surface area contributed by atoms with Crippen molar-refractivity contribution in [2.45, 2.75) is 0 Å². The topological polar surface area (TPSA) is 0 Å². The molecule has 0 unspecified atom stereocenters. The van der Waals surface area contributed by atoms with Crippen LogP contribution in [0.3, 0.4) is 0 Å². The molecule has 0 spiro atoms. The van der Waals surface area contributed by atoms with Gasteiger partial charge in [-0.25, -0.2) is 0 Å². The average Bonchev–Trinajstić information content (AvgIpc) is 2.26. The molecule has 0 N–H and O–H groups in total. The highest BCUT2D eigenvalue weighted by Gasteiger charge is 2.17. The molecule has 0 fully saturated rings. The summed E-state index contributed by atoms with van der Waals surface area (Å²) in [6.07, 6.45) is 4.45. The van der Waals surface area contributed by atoms with Gasteiger partial charge in [0.25, 0.3) is 0 Å². The van der Waals surface area contributed by atoms with Gasteiger partial charge in [-0.05, 0) is 44.8 Å². The van der Waals surface area contributed by atoms with Crippen LogP contribution in [0.1, 0.15) is 11.1 Å². The molecule has 0 aromatic heterocycles. The summed E-state index contributed by atoms with van der Waals surface area (Å²) < 4.78 is 0. The molecule has 3 aromatic rings. The molecular weight excluding hydrogens is 144 g/mol. The second kappa shape index (κ2) is 1.34. The standard InChI is InChI=1S/C12H6/c1-3-10-7(1)5-9-6-8-2-4-11(10)12(8)9/h1-6H. The summed E-state index contributed by atoms with van der Waals surface area (Å²) in [4.78, 5) is 0. The number of hydrogen-bond acceptors (Lipinski definition) is 0. The monoisotopic (exact) mass is 150 g/mol. The molecule has 12 heavy (non-hydrogen) atoms. The number of rotatable bonds is 0. The lowest BCUT2D eigenvalue weighted by molar-refractivity contribution is 1.75. The lowest BCUT2D eigenvalue weighted by atomic mass is 9.92. The Morgan fingerprint density at radius 1 is 0.833 bits per heavy atom. The van der Waals surface area contributed by atoms with E-state index in [9.17, 15) is 0 Å². The summed E-state index contributed by atoms with van der Waals surface area (Å²) in [5.74, 6) is 0. The second-order valence-electron chi connectivity index (χ2n) is 3.52. The maximum atomic E-state index is 2.28. The van der Waals surface area contributed by atoms with Crippen LogP contribution in [0, 0.1) is 0 Å². The van der Waals surface area contributed by atoms with Gasteiger partial charge in [0, 0.05) is 0 Å². The Morgan fingerprint density at radius 2 is 1.83 bits per heavy atom. The van der Waals surface area contributed by atoms with E-state index in [2.05, 4.69) is 36.4 Å². The van der Waals surface area contributed by atoms with Gasteiger partial charge in [-0.2, -0.15) is 0 Å².